The van der Waals surface area contributed by atoms with Crippen LogP contribution in [-0.4, -0.2) is 27.6 Å². The van der Waals surface area contributed by atoms with Crippen LogP contribution in [0.5, 0.6) is 0 Å². The summed E-state index contributed by atoms with van der Waals surface area (Å²) in [7, 11) is 0. The molecule has 3 rings (SSSR count). The topological polar surface area (TPSA) is 26.3 Å². The molecule has 0 unspecified atom stereocenters. The molecule has 23 heavy (non-hydrogen) atoms. The van der Waals surface area contributed by atoms with Gasteiger partial charge in [-0.15, -0.1) is 0 Å². The van der Waals surface area contributed by atoms with Gasteiger partial charge in [-0.2, -0.15) is 0 Å². The Labute approximate surface area is 144 Å². The van der Waals surface area contributed by atoms with Crippen molar-refractivity contribution in [3.63, 3.8) is 0 Å². The Morgan fingerprint density at radius 1 is 0.870 bits per heavy atom. The summed E-state index contributed by atoms with van der Waals surface area (Å²) in [4.78, 5) is 13.1. The van der Waals surface area contributed by atoms with Gasteiger partial charge >= 0.3 is 144 Å². The molecular weight excluding hydrogens is 479 g/mol. The van der Waals surface area contributed by atoms with E-state index in [0.29, 0.717) is 0 Å². The van der Waals surface area contributed by atoms with Gasteiger partial charge < -0.3 is 0 Å². The molecule has 0 radical (unpaired) electrons. The summed E-state index contributed by atoms with van der Waals surface area (Å²) >= 11 is -2.90. The molecular formula is C20H24O2Pb. The Morgan fingerprint density at radius 2 is 1.30 bits per heavy atom. The zero-order valence-electron chi connectivity index (χ0n) is 14.1. The van der Waals surface area contributed by atoms with Crippen LogP contribution in [0.15, 0.2) is 48.5 Å². The van der Waals surface area contributed by atoms with Crippen molar-refractivity contribution in [1.82, 2.24) is 0 Å². The Kier molecular flexibility index (Phi) is 4.90. The molecule has 2 aromatic rings. The molecule has 0 fully saturated rings. The van der Waals surface area contributed by atoms with E-state index in [1.165, 1.54) is 11.1 Å². The van der Waals surface area contributed by atoms with Gasteiger partial charge in [-0.25, -0.2) is 0 Å². The van der Waals surface area contributed by atoms with Crippen molar-refractivity contribution in [1.29, 1.82) is 0 Å². The van der Waals surface area contributed by atoms with Crippen LogP contribution in [0.4, 0.5) is 0 Å². The van der Waals surface area contributed by atoms with Crippen LogP contribution in [0.1, 0.15) is 37.8 Å². The standard InChI is InChI=1S/C14H10O2.3C2H5.Pb/c15-14(16)13-11-7-3-1-5-9(11)10-6-2-4-8-12(10)13;3*1-2;/h1-8,13H,(H,15,16);3*1H2,2H3;/q;;;;+1/p-1. The zero-order valence-corrected chi connectivity index (χ0v) is 18.0. The summed E-state index contributed by atoms with van der Waals surface area (Å²) < 4.78 is 9.48. The number of hydrogen-bond acceptors (Lipinski definition) is 2. The monoisotopic (exact) mass is 504 g/mol. The van der Waals surface area contributed by atoms with Gasteiger partial charge in [-0.1, -0.05) is 0 Å². The van der Waals surface area contributed by atoms with Crippen LogP contribution in [0, 0.1) is 0 Å². The van der Waals surface area contributed by atoms with E-state index in [0.717, 1.165) is 23.1 Å². The van der Waals surface area contributed by atoms with Gasteiger partial charge in [0.15, 0.2) is 0 Å². The van der Waals surface area contributed by atoms with Crippen LogP contribution < -0.4 is 0 Å². The van der Waals surface area contributed by atoms with E-state index < -0.39 is 21.6 Å². The van der Waals surface area contributed by atoms with Crippen LogP contribution >= 0.6 is 0 Å². The first kappa shape index (κ1) is 16.7. The number of hydrogen-bond donors (Lipinski definition) is 0. The maximum absolute atomic E-state index is 13.1. The van der Waals surface area contributed by atoms with Crippen LogP contribution in [-0.2, 0) is 7.48 Å². The van der Waals surface area contributed by atoms with Crippen molar-refractivity contribution in [3.05, 3.63) is 59.7 Å². The van der Waals surface area contributed by atoms with E-state index in [1.807, 2.05) is 24.3 Å². The van der Waals surface area contributed by atoms with E-state index in [9.17, 15) is 4.79 Å². The predicted octanol–water partition coefficient (Wildman–Crippen LogP) is 5.35. The first-order chi connectivity index (χ1) is 11.2. The van der Waals surface area contributed by atoms with Gasteiger partial charge in [0.25, 0.3) is 0 Å². The van der Waals surface area contributed by atoms with Crippen molar-refractivity contribution in [2.24, 2.45) is 0 Å². The van der Waals surface area contributed by atoms with Gasteiger partial charge in [0, 0.05) is 0 Å². The molecule has 0 spiro atoms. The average molecular weight is 504 g/mol. The summed E-state index contributed by atoms with van der Waals surface area (Å²) in [5.41, 5.74) is 4.56. The molecule has 1 aliphatic carbocycles. The van der Waals surface area contributed by atoms with Crippen LogP contribution in [0.3, 0.4) is 0 Å². The van der Waals surface area contributed by atoms with Crippen molar-refractivity contribution in [3.8, 4) is 11.1 Å². The van der Waals surface area contributed by atoms with Crippen LogP contribution in [0.2, 0.25) is 11.9 Å². The first-order valence-corrected chi connectivity index (χ1v) is 18.4. The third-order valence-corrected chi connectivity index (χ3v) is 22.8. The molecule has 3 heteroatoms. The van der Waals surface area contributed by atoms with Gasteiger partial charge in [-0.05, 0) is 0 Å². The fourth-order valence-electron chi connectivity index (χ4n) is 3.65. The summed E-state index contributed by atoms with van der Waals surface area (Å²) in [5.74, 6) is -0.263. The number of carbonyl (C=O) groups is 1. The molecule has 0 N–H and O–H groups in total. The molecule has 0 atom stereocenters. The molecule has 2 nitrogen and oxygen atoms in total. The van der Waals surface area contributed by atoms with Gasteiger partial charge in [0.2, 0.25) is 0 Å². The molecule has 0 bridgehead atoms. The third kappa shape index (κ3) is 2.86. The minimum absolute atomic E-state index is 0.0189. The Balaban J connectivity index is 2.01. The third-order valence-electron chi connectivity index (χ3n) is 5.32. The van der Waals surface area contributed by atoms with E-state index in [4.69, 9.17) is 2.69 Å². The number of fused-ring (bicyclic) bond motifs is 3. The molecule has 0 aromatic heterocycles. The predicted molar refractivity (Wildman–Crippen MR) is 97.0 cm³/mol. The van der Waals surface area contributed by atoms with Crippen molar-refractivity contribution in [2.75, 3.05) is 0 Å². The second-order valence-corrected chi connectivity index (χ2v) is 24.5. The molecule has 0 saturated heterocycles. The van der Waals surface area contributed by atoms with Crippen LogP contribution in [0.25, 0.3) is 11.1 Å². The normalized spacial score (nSPS) is 13.5. The second kappa shape index (κ2) is 6.75. The number of rotatable bonds is 5. The minimum atomic E-state index is -2.90. The maximum atomic E-state index is 13.1. The second-order valence-electron chi connectivity index (χ2n) is 6.27. The number of benzene rings is 2. The van der Waals surface area contributed by atoms with E-state index >= 15 is 0 Å². The molecule has 2 aromatic carbocycles. The molecule has 1 aliphatic rings. The molecule has 0 saturated carbocycles. The molecule has 0 amide bonds. The van der Waals surface area contributed by atoms with E-state index in [2.05, 4.69) is 45.0 Å². The quantitative estimate of drug-likeness (QED) is 0.515. The first-order valence-electron chi connectivity index (χ1n) is 8.57. The summed E-state index contributed by atoms with van der Waals surface area (Å²) in [6.45, 7) is 6.58. The van der Waals surface area contributed by atoms with Gasteiger partial charge in [-0.3, -0.25) is 0 Å². The van der Waals surface area contributed by atoms with E-state index in [1.54, 1.807) is 0 Å². The summed E-state index contributed by atoms with van der Waals surface area (Å²) in [6.07, 6.45) is 0. The fourth-order valence-corrected chi connectivity index (χ4v) is 13.3. The van der Waals surface area contributed by atoms with Crippen molar-refractivity contribution in [2.45, 2.75) is 38.6 Å². The van der Waals surface area contributed by atoms with Gasteiger partial charge in [0.05, 0.1) is 0 Å². The summed E-state index contributed by atoms with van der Waals surface area (Å²) in [5, 5.41) is 0. The number of carbonyl (C=O) groups excluding carboxylic acids is 1. The zero-order chi connectivity index (χ0) is 16.4. The van der Waals surface area contributed by atoms with Gasteiger partial charge in [0.1, 0.15) is 0 Å². The van der Waals surface area contributed by atoms with E-state index in [-0.39, 0.29) is 11.9 Å². The molecule has 120 valence electrons. The van der Waals surface area contributed by atoms with Crippen molar-refractivity contribution >= 4 is 27.6 Å². The Bertz CT molecular complexity index is 665. The fraction of sp³-hybridized carbons (Fsp3) is 0.350. The Hall–Kier alpha value is -1.17. The summed E-state index contributed by atoms with van der Waals surface area (Å²) in [6, 6.07) is 16.5. The SMILES string of the molecule is C[CH2][Pb]([CH2]C)([CH2]C)[O]C(=O)C1c2ccccc2-c2ccccc21. The average Bonchev–Trinajstić information content (AvgIpc) is 2.94. The van der Waals surface area contributed by atoms with Crippen molar-refractivity contribution < 1.29 is 7.48 Å². The molecule has 0 aliphatic heterocycles. The molecule has 0 heterocycles. The Morgan fingerprint density at radius 3 is 1.74 bits per heavy atom.